The van der Waals surface area contributed by atoms with Crippen LogP contribution in [0.25, 0.3) is 0 Å². The van der Waals surface area contributed by atoms with E-state index in [1.807, 2.05) is 0 Å². The molecule has 0 bridgehead atoms. The van der Waals surface area contributed by atoms with E-state index in [2.05, 4.69) is 95.3 Å². The number of hydrogen-bond acceptors (Lipinski definition) is 2. The van der Waals surface area contributed by atoms with Crippen LogP contribution in [0.2, 0.25) is 5.04 Å². The zero-order valence-corrected chi connectivity index (χ0v) is 17.7. The minimum Gasteiger partial charge on any atom is -0.404 e. The molecular weight excluding hydrogens is 336 g/mol. The molecule has 2 aromatic carbocycles. The lowest BCUT2D eigenvalue weighted by molar-refractivity contribution is -0.108. The van der Waals surface area contributed by atoms with Crippen molar-refractivity contribution in [3.05, 3.63) is 60.7 Å². The molecule has 3 heteroatoms. The van der Waals surface area contributed by atoms with Gasteiger partial charge in [-0.15, -0.1) is 0 Å². The zero-order valence-electron chi connectivity index (χ0n) is 16.7. The van der Waals surface area contributed by atoms with Gasteiger partial charge in [0.25, 0.3) is 8.32 Å². The number of hydrogen-bond donors (Lipinski definition) is 0. The third kappa shape index (κ3) is 4.33. The highest BCUT2D eigenvalue weighted by molar-refractivity contribution is 6.99. The molecule has 140 valence electrons. The fourth-order valence-corrected chi connectivity index (χ4v) is 8.46. The molecule has 0 saturated heterocycles. The van der Waals surface area contributed by atoms with Crippen LogP contribution < -0.4 is 10.4 Å². The van der Waals surface area contributed by atoms with E-state index >= 15 is 0 Å². The Morgan fingerprint density at radius 1 is 0.923 bits per heavy atom. The lowest BCUT2D eigenvalue weighted by atomic mass is 10.0. The van der Waals surface area contributed by atoms with Crippen molar-refractivity contribution in [2.75, 3.05) is 0 Å². The average Bonchev–Trinajstić information content (AvgIpc) is 2.64. The predicted octanol–water partition coefficient (Wildman–Crippen LogP) is 4.57. The van der Waals surface area contributed by atoms with Crippen LogP contribution in [0, 0.1) is 5.92 Å². The molecule has 0 radical (unpaired) electrons. The van der Waals surface area contributed by atoms with Crippen molar-refractivity contribution in [3.8, 4) is 0 Å². The molecule has 0 N–H and O–H groups in total. The molecule has 2 aromatic rings. The number of carbonyl (C=O) groups excluding carboxylic acids is 1. The van der Waals surface area contributed by atoms with Gasteiger partial charge >= 0.3 is 0 Å². The lowest BCUT2D eigenvalue weighted by Gasteiger charge is -2.45. The van der Waals surface area contributed by atoms with Crippen molar-refractivity contribution in [1.29, 1.82) is 0 Å². The quantitative estimate of drug-likeness (QED) is 0.504. The monoisotopic (exact) mass is 368 g/mol. The fraction of sp³-hybridized carbons (Fsp3) is 0.435. The molecule has 0 amide bonds. The summed E-state index contributed by atoms with van der Waals surface area (Å²) in [5.74, 6) is 0.335. The Hall–Kier alpha value is -1.71. The number of rotatable bonds is 8. The summed E-state index contributed by atoms with van der Waals surface area (Å²) in [6, 6.07) is 21.4. The summed E-state index contributed by atoms with van der Waals surface area (Å²) in [5.41, 5.74) is 0. The smallest absolute Gasteiger partial charge is 0.261 e. The summed E-state index contributed by atoms with van der Waals surface area (Å²) in [5, 5.41) is 2.58. The SMILES string of the molecule is C[C@@H](CCC=O)[C@@H](C)O[Si](c1ccccc1)(c1ccccc1)C(C)(C)C. The van der Waals surface area contributed by atoms with Crippen LogP contribution in [0.5, 0.6) is 0 Å². The molecule has 0 aliphatic rings. The second-order valence-electron chi connectivity index (χ2n) is 8.21. The Kier molecular flexibility index (Phi) is 6.96. The number of benzene rings is 2. The maximum atomic E-state index is 10.8. The molecule has 0 fully saturated rings. The van der Waals surface area contributed by atoms with Gasteiger partial charge in [0.05, 0.1) is 0 Å². The first-order chi connectivity index (χ1) is 12.3. The van der Waals surface area contributed by atoms with Gasteiger partial charge in [0.2, 0.25) is 0 Å². The summed E-state index contributed by atoms with van der Waals surface area (Å²) in [6.45, 7) is 11.2. The molecule has 0 heterocycles. The van der Waals surface area contributed by atoms with Crippen LogP contribution in [0.3, 0.4) is 0 Å². The third-order valence-electron chi connectivity index (χ3n) is 5.32. The van der Waals surface area contributed by atoms with Gasteiger partial charge in [-0.25, -0.2) is 0 Å². The van der Waals surface area contributed by atoms with Gasteiger partial charge in [0.1, 0.15) is 6.29 Å². The van der Waals surface area contributed by atoms with Crippen LogP contribution in [0.15, 0.2) is 60.7 Å². The van der Waals surface area contributed by atoms with E-state index in [9.17, 15) is 4.79 Å². The minimum atomic E-state index is -2.50. The van der Waals surface area contributed by atoms with E-state index in [-0.39, 0.29) is 11.1 Å². The first-order valence-electron chi connectivity index (χ1n) is 9.55. The second kappa shape index (κ2) is 8.78. The maximum absolute atomic E-state index is 10.8. The summed E-state index contributed by atoms with van der Waals surface area (Å²) >= 11 is 0. The molecule has 0 aromatic heterocycles. The topological polar surface area (TPSA) is 26.3 Å². The van der Waals surface area contributed by atoms with E-state index in [1.54, 1.807) is 0 Å². The molecule has 0 unspecified atom stereocenters. The lowest BCUT2D eigenvalue weighted by Crippen LogP contribution is -2.67. The Bertz CT molecular complexity index is 637. The first kappa shape index (κ1) is 20.6. The molecule has 26 heavy (non-hydrogen) atoms. The van der Waals surface area contributed by atoms with Gasteiger partial charge in [0, 0.05) is 12.5 Å². The van der Waals surface area contributed by atoms with Crippen molar-refractivity contribution in [2.24, 2.45) is 5.92 Å². The summed E-state index contributed by atoms with van der Waals surface area (Å²) in [6.07, 6.45) is 2.55. The Labute approximate surface area is 159 Å². The molecule has 2 atom stereocenters. The molecule has 2 nitrogen and oxygen atoms in total. The highest BCUT2D eigenvalue weighted by atomic mass is 28.4. The minimum absolute atomic E-state index is 0.0195. The summed E-state index contributed by atoms with van der Waals surface area (Å²) in [7, 11) is -2.50. The van der Waals surface area contributed by atoms with Crippen LogP contribution in [-0.2, 0) is 9.22 Å². The summed E-state index contributed by atoms with van der Waals surface area (Å²) in [4.78, 5) is 10.8. The van der Waals surface area contributed by atoms with Crippen LogP contribution in [-0.4, -0.2) is 20.7 Å². The van der Waals surface area contributed by atoms with Gasteiger partial charge in [-0.1, -0.05) is 88.4 Å². The van der Waals surface area contributed by atoms with E-state index in [1.165, 1.54) is 10.4 Å². The molecule has 0 saturated carbocycles. The third-order valence-corrected chi connectivity index (χ3v) is 10.5. The van der Waals surface area contributed by atoms with E-state index in [0.29, 0.717) is 12.3 Å². The zero-order chi connectivity index (χ0) is 19.2. The van der Waals surface area contributed by atoms with Crippen molar-refractivity contribution in [1.82, 2.24) is 0 Å². The largest absolute Gasteiger partial charge is 0.404 e. The Morgan fingerprint density at radius 2 is 1.38 bits per heavy atom. The van der Waals surface area contributed by atoms with Gasteiger partial charge in [0.15, 0.2) is 0 Å². The van der Waals surface area contributed by atoms with Crippen LogP contribution >= 0.6 is 0 Å². The molecular formula is C23H32O2Si. The average molecular weight is 369 g/mol. The highest BCUT2D eigenvalue weighted by Crippen LogP contribution is 2.38. The van der Waals surface area contributed by atoms with E-state index < -0.39 is 8.32 Å². The standard InChI is InChI=1S/C23H32O2Si/c1-19(13-12-18-24)20(2)25-26(23(3,4)5,21-14-8-6-9-15-21)22-16-10-7-11-17-22/h6-11,14-20H,12-13H2,1-5H3/t19-,20+/m0/s1. The molecule has 0 aliphatic carbocycles. The van der Waals surface area contributed by atoms with Gasteiger partial charge < -0.3 is 9.22 Å². The molecule has 2 rings (SSSR count). The molecule has 0 spiro atoms. The van der Waals surface area contributed by atoms with Crippen molar-refractivity contribution < 1.29 is 9.22 Å². The predicted molar refractivity (Wildman–Crippen MR) is 113 cm³/mol. The van der Waals surface area contributed by atoms with Gasteiger partial charge in [-0.3, -0.25) is 0 Å². The molecule has 0 aliphatic heterocycles. The van der Waals surface area contributed by atoms with Crippen molar-refractivity contribution in [2.45, 2.75) is 58.6 Å². The van der Waals surface area contributed by atoms with Crippen LogP contribution in [0.1, 0.15) is 47.5 Å². The van der Waals surface area contributed by atoms with Gasteiger partial charge in [-0.05, 0) is 34.7 Å². The maximum Gasteiger partial charge on any atom is 0.261 e. The van der Waals surface area contributed by atoms with Crippen molar-refractivity contribution >= 4 is 25.0 Å². The normalized spacial score (nSPS) is 14.7. The summed E-state index contributed by atoms with van der Waals surface area (Å²) < 4.78 is 7.06. The fourth-order valence-electron chi connectivity index (χ4n) is 3.65. The Balaban J connectivity index is 2.55. The Morgan fingerprint density at radius 3 is 1.77 bits per heavy atom. The van der Waals surface area contributed by atoms with Gasteiger partial charge in [-0.2, -0.15) is 0 Å². The second-order valence-corrected chi connectivity index (χ2v) is 12.5. The first-order valence-corrected chi connectivity index (χ1v) is 11.5. The van der Waals surface area contributed by atoms with Crippen LogP contribution in [0.4, 0.5) is 0 Å². The van der Waals surface area contributed by atoms with E-state index in [0.717, 1.165) is 12.7 Å². The van der Waals surface area contributed by atoms with Crippen molar-refractivity contribution in [3.63, 3.8) is 0 Å². The van der Waals surface area contributed by atoms with E-state index in [4.69, 9.17) is 4.43 Å². The highest BCUT2D eigenvalue weighted by Gasteiger charge is 2.51. The number of aldehydes is 1. The number of carbonyl (C=O) groups is 1.